The van der Waals surface area contributed by atoms with Crippen LogP contribution in [0.15, 0.2) is 102 Å². The second-order valence-electron chi connectivity index (χ2n) is 23.5. The largest absolute Gasteiger partial charge is 0.496 e. The number of fused-ring (bicyclic) bond motifs is 3. The van der Waals surface area contributed by atoms with Gasteiger partial charge in [-0.25, -0.2) is 29.3 Å². The number of rotatable bonds is 7. The summed E-state index contributed by atoms with van der Waals surface area (Å²) in [6, 6.07) is 28.1. The Kier molecular flexibility index (Phi) is 26.2. The molecule has 4 aromatic carbocycles. The third kappa shape index (κ3) is 20.9. The zero-order valence-electron chi connectivity index (χ0n) is 52.8. The molecule has 4 saturated carbocycles. The van der Waals surface area contributed by atoms with E-state index in [1.807, 2.05) is 130 Å². The topological polar surface area (TPSA) is 208 Å². The van der Waals surface area contributed by atoms with Crippen molar-refractivity contribution in [2.24, 2.45) is 0 Å². The lowest BCUT2D eigenvalue weighted by atomic mass is 9.80. The van der Waals surface area contributed by atoms with Gasteiger partial charge in [-0.3, -0.25) is 9.36 Å². The Morgan fingerprint density at radius 1 is 0.699 bits per heavy atom. The molecule has 8 aromatic rings. The fourth-order valence-corrected chi connectivity index (χ4v) is 10.5. The van der Waals surface area contributed by atoms with Crippen molar-refractivity contribution in [3.05, 3.63) is 165 Å². The van der Waals surface area contributed by atoms with Gasteiger partial charge in [-0.1, -0.05) is 60.3 Å². The molecule has 7 aliphatic rings. The molecule has 6 fully saturated rings. The number of imidazole rings is 2. The lowest BCUT2D eigenvalue weighted by molar-refractivity contribution is -0.117. The van der Waals surface area contributed by atoms with Crippen molar-refractivity contribution in [2.45, 2.75) is 155 Å². The average Bonchev–Trinajstić information content (AvgIpc) is 1.63. The van der Waals surface area contributed by atoms with Crippen molar-refractivity contribution in [3.8, 4) is 11.4 Å². The maximum absolute atomic E-state index is 11.8. The monoisotopic (exact) mass is 1640 g/mol. The van der Waals surface area contributed by atoms with Crippen molar-refractivity contribution in [1.29, 1.82) is 0 Å². The number of aromatic nitrogens is 8. The van der Waals surface area contributed by atoms with Gasteiger partial charge >= 0.3 is 7.12 Å². The Balaban J connectivity index is 0.000000159. The number of nitrogens with zero attached hydrogens (tertiary/aromatic N) is 13. The Bertz CT molecular complexity index is 4160. The standard InChI is InChI=1S/C16H13N5.C12H10N2O.C11H17BN2O2.C11H8BrN3.C10H11N3.C4H8O.CH3I.CH4.Br3OP/c1-10-7-11(9-18-20-10)16-19-14-6-3-12(17-2)8-15(14)21(16)13-4-5-13;1-13-9-3-2-8-6-12(15)14(10-4-5-10)11(8)7-9;1-8-6-9(7-13-14-8)12-15-10(2,3)11(4,5)16-12;1-13-7-2-5-9-10(6-7)15(8-3-4-8)11(12)14-9;1-12-8-4-5-9(11)10(6-8)13-7-2-3-7;1-2-4-5-3-1;1-2;;1-5(2,3)4/h3,6-9,13H,4-5H2,1H3;2-3,7,10H,4-6H2;6-7H,1-5H3;2,5-6,8H,3-4H2;4-7,13H,2-3,11H2;1-4H2;1H3;1H4;/i;;;;;;1D;;. The number of alkyl halides is 1. The number of carbonyl (C=O) groups excluding carboxylic acids is 1. The Morgan fingerprint density at radius 2 is 1.18 bits per heavy atom. The maximum Gasteiger partial charge on any atom is 0.496 e. The molecule has 7 heterocycles. The van der Waals surface area contributed by atoms with Gasteiger partial charge in [0.2, 0.25) is 5.91 Å². The summed E-state index contributed by atoms with van der Waals surface area (Å²) >= 11 is 13.7. The van der Waals surface area contributed by atoms with Crippen LogP contribution in [0.25, 0.3) is 52.8 Å². The summed E-state index contributed by atoms with van der Waals surface area (Å²) in [6.45, 7) is 42.0. The molecule has 2 saturated heterocycles. The van der Waals surface area contributed by atoms with E-state index in [4.69, 9.17) is 52.4 Å². The van der Waals surface area contributed by atoms with E-state index < -0.39 is 3.25 Å². The molecule has 0 unspecified atom stereocenters. The van der Waals surface area contributed by atoms with Gasteiger partial charge in [-0.15, -0.1) is 0 Å². The number of amides is 1. The van der Waals surface area contributed by atoms with Gasteiger partial charge in [-0.2, -0.15) is 20.4 Å². The van der Waals surface area contributed by atoms with Gasteiger partial charge in [0.1, 0.15) is 5.82 Å². The maximum atomic E-state index is 11.8. The number of nitrogens with one attached hydrogen (secondary N) is 1. The van der Waals surface area contributed by atoms with Crippen molar-refractivity contribution in [2.75, 3.05) is 34.1 Å². The second kappa shape index (κ2) is 33.5. The molecule has 0 bridgehead atoms. The first kappa shape index (κ1) is 72.7. The molecule has 15 rings (SSSR count). The van der Waals surface area contributed by atoms with E-state index in [2.05, 4.69) is 122 Å². The quantitative estimate of drug-likeness (QED) is 0.0381. The van der Waals surface area contributed by atoms with E-state index in [0.29, 0.717) is 58.2 Å². The fraction of sp³-hybridized carbons (Fsp3) is 0.409. The lowest BCUT2D eigenvalue weighted by Crippen LogP contribution is -2.41. The molecule has 4 aromatic heterocycles. The predicted molar refractivity (Wildman–Crippen MR) is 396 cm³/mol. The van der Waals surface area contributed by atoms with Crippen LogP contribution in [0.5, 0.6) is 0 Å². The Hall–Kier alpha value is -6.17. The van der Waals surface area contributed by atoms with Crippen molar-refractivity contribution in [1.82, 2.24) is 39.5 Å². The molecule has 1 amide bonds. The highest BCUT2D eigenvalue weighted by Gasteiger charge is 2.52. The van der Waals surface area contributed by atoms with Crippen molar-refractivity contribution < 1.29 is 24.8 Å². The third-order valence-electron chi connectivity index (χ3n) is 15.7. The first-order valence-corrected chi connectivity index (χ1v) is 39.8. The number of hydrogen-bond donors (Lipinski definition) is 2. The van der Waals surface area contributed by atoms with Crippen molar-refractivity contribution in [3.63, 3.8) is 0 Å². The van der Waals surface area contributed by atoms with Crippen LogP contribution in [0.1, 0.15) is 130 Å². The molecular formula is C66H74BBr4IN15O5P. The van der Waals surface area contributed by atoms with Crippen molar-refractivity contribution >= 4 is 169 Å². The molecule has 3 N–H and O–H groups in total. The van der Waals surface area contributed by atoms with Gasteiger partial charge in [0.15, 0.2) is 27.5 Å². The normalized spacial score (nSPS) is 16.8. The van der Waals surface area contributed by atoms with Gasteiger partial charge < -0.3 is 39.1 Å². The number of benzene rings is 4. The van der Waals surface area contributed by atoms with E-state index in [1.54, 1.807) is 36.7 Å². The van der Waals surface area contributed by atoms with E-state index in [-0.39, 0.29) is 31.7 Å². The number of nitrogen functional groups attached to an aromatic ring is 1. The van der Waals surface area contributed by atoms with Crippen LogP contribution >= 0.6 is 88.2 Å². The molecule has 0 radical (unpaired) electrons. The van der Waals surface area contributed by atoms with E-state index >= 15 is 0 Å². The summed E-state index contributed by atoms with van der Waals surface area (Å²) < 4.78 is 36.0. The number of hydrogen-bond acceptors (Lipinski definition) is 13. The summed E-state index contributed by atoms with van der Waals surface area (Å²) in [5.41, 5.74) is 19.0. The van der Waals surface area contributed by atoms with Crippen LogP contribution in [-0.4, -0.2) is 93.9 Å². The summed E-state index contributed by atoms with van der Waals surface area (Å²) in [5, 5.41) is 19.2. The smallest absolute Gasteiger partial charge is 0.399 e. The highest BCUT2D eigenvalue weighted by atomic mass is 127. The zero-order chi connectivity index (χ0) is 67.2. The molecule has 0 atom stereocenters. The van der Waals surface area contributed by atoms with E-state index in [9.17, 15) is 9.36 Å². The van der Waals surface area contributed by atoms with E-state index in [1.165, 1.54) is 38.5 Å². The molecule has 486 valence electrons. The number of carbonyl (C=O) groups is 1. The molecule has 0 spiro atoms. The predicted octanol–water partition coefficient (Wildman–Crippen LogP) is 18.9. The van der Waals surface area contributed by atoms with E-state index in [0.717, 1.165) is 117 Å². The Labute approximate surface area is 593 Å². The molecule has 20 nitrogen and oxygen atoms in total. The molecule has 27 heteroatoms. The summed E-state index contributed by atoms with van der Waals surface area (Å²) in [6.07, 6.45) is 15.9. The minimum atomic E-state index is -2.20. The molecule has 4 aliphatic carbocycles. The van der Waals surface area contributed by atoms with Gasteiger partial charge in [-0.05, 0) is 187 Å². The highest BCUT2D eigenvalue weighted by molar-refractivity contribution is 14.1. The first-order chi connectivity index (χ1) is 44.4. The van der Waals surface area contributed by atoms with Gasteiger partial charge in [0, 0.05) is 114 Å². The number of anilines is 3. The SMILES string of the molecule is C.C1CCOC1.Cc1cc(B2OC(C)(C)C(C)(C)O2)cnn1.O=P(Br)(Br)Br.[2H]CI.[C-]#[N+]c1ccc(N)c(NC2CC2)c1.[C-]#[N+]c1ccc2c(c1)N(C1CC1)C(=O)C2.[C-]#[N+]c1ccc2nc(-c3cnnc(C)c3)n(C3CC3)c2c1.[C-]#[N+]c1ccc2nc(Br)n(C3CC3)c2c1. The summed E-state index contributed by atoms with van der Waals surface area (Å²) in [4.78, 5) is 37.0. The number of ether oxygens (including phenoxy) is 1. The van der Waals surface area contributed by atoms with Crippen LogP contribution in [0, 0.1) is 40.1 Å². The number of nitrogens with two attached hydrogens (primary N) is 1. The van der Waals surface area contributed by atoms with Crippen LogP contribution in [0.4, 0.5) is 39.8 Å². The van der Waals surface area contributed by atoms with Crippen LogP contribution in [-0.2, 0) is 29.8 Å². The minimum Gasteiger partial charge on any atom is -0.399 e. The van der Waals surface area contributed by atoms with Gasteiger partial charge in [0.05, 0.1) is 89.3 Å². The molecular weight excluding hydrogens is 1570 g/mol. The van der Waals surface area contributed by atoms with Gasteiger partial charge in [0.25, 0.3) is 3.25 Å². The van der Waals surface area contributed by atoms with Crippen LogP contribution in [0.3, 0.4) is 0 Å². The zero-order valence-corrected chi connectivity index (χ0v) is 61.2. The number of halogens is 5. The summed E-state index contributed by atoms with van der Waals surface area (Å²) in [7, 11) is -0.348. The number of aryl methyl sites for hydroxylation is 2. The first-order valence-electron chi connectivity index (χ1n) is 30.5. The van der Waals surface area contributed by atoms with Crippen LogP contribution < -0.4 is 21.4 Å². The van der Waals surface area contributed by atoms with Crippen LogP contribution in [0.2, 0.25) is 0 Å². The Morgan fingerprint density at radius 3 is 1.69 bits per heavy atom. The molecule has 3 aliphatic heterocycles. The summed E-state index contributed by atoms with van der Waals surface area (Å²) in [5.74, 6) is 1.11. The minimum absolute atomic E-state index is 0. The average molecular weight is 1650 g/mol. The fourth-order valence-electron chi connectivity index (χ4n) is 9.86. The third-order valence-corrected chi connectivity index (χ3v) is 16.2. The second-order valence-corrected chi connectivity index (χ2v) is 42.6. The molecule has 93 heavy (non-hydrogen) atoms. The lowest BCUT2D eigenvalue weighted by Gasteiger charge is -2.32. The highest BCUT2D eigenvalue weighted by Crippen LogP contribution is 2.68.